The Hall–Kier alpha value is -2.57. The van der Waals surface area contributed by atoms with Crippen LogP contribution in [-0.2, 0) is 15.7 Å². The zero-order valence-electron chi connectivity index (χ0n) is 18.3. The Morgan fingerprint density at radius 1 is 1.42 bits per heavy atom. The van der Waals surface area contributed by atoms with Crippen LogP contribution < -0.4 is 15.1 Å². The van der Waals surface area contributed by atoms with Gasteiger partial charge in [0.15, 0.2) is 11.9 Å². The van der Waals surface area contributed by atoms with Gasteiger partial charge in [0, 0.05) is 38.9 Å². The molecule has 1 amide bonds. The monoisotopic (exact) mass is 471 g/mol. The average molecular weight is 471 g/mol. The van der Waals surface area contributed by atoms with E-state index in [2.05, 4.69) is 10.3 Å². The number of carbonyl (C=O) groups is 1. The number of nitrogens with one attached hydrogen (secondary N) is 1. The number of hydrogen-bond acceptors (Lipinski definition) is 8. The molecule has 1 aromatic rings. The number of halogens is 3. The minimum atomic E-state index is -4.54. The van der Waals surface area contributed by atoms with Gasteiger partial charge in [-0.15, -0.1) is 0 Å². The SMILES string of the molecule is CN1/C(=C/O)C2CN(C(=O)C(O)COC[C@@H]3CCCN3)CCN2c2ncc(C(F)(F)F)cc21. The first-order chi connectivity index (χ1) is 15.7. The van der Waals surface area contributed by atoms with Crippen LogP contribution in [0.5, 0.6) is 0 Å². The number of hydrogen-bond donors (Lipinski definition) is 3. The third-order valence-electron chi connectivity index (χ3n) is 6.40. The fourth-order valence-corrected chi connectivity index (χ4v) is 4.60. The van der Waals surface area contributed by atoms with Crippen molar-refractivity contribution in [2.24, 2.45) is 0 Å². The summed E-state index contributed by atoms with van der Waals surface area (Å²) in [6.07, 6.45) is -2.16. The van der Waals surface area contributed by atoms with Crippen molar-refractivity contribution < 1.29 is 32.9 Å². The highest BCUT2D eigenvalue weighted by Gasteiger charge is 2.42. The van der Waals surface area contributed by atoms with E-state index >= 15 is 0 Å². The summed E-state index contributed by atoms with van der Waals surface area (Å²) < 4.78 is 45.0. The summed E-state index contributed by atoms with van der Waals surface area (Å²) in [7, 11) is 1.54. The quantitative estimate of drug-likeness (QED) is 0.549. The lowest BCUT2D eigenvalue weighted by Crippen LogP contribution is -2.61. The number of aromatic nitrogens is 1. The Balaban J connectivity index is 1.45. The molecule has 3 atom stereocenters. The second-order valence-electron chi connectivity index (χ2n) is 8.52. The van der Waals surface area contributed by atoms with Gasteiger partial charge in [0.1, 0.15) is 6.26 Å². The van der Waals surface area contributed by atoms with E-state index in [4.69, 9.17) is 4.74 Å². The molecular weight excluding hydrogens is 443 g/mol. The molecule has 0 bridgehead atoms. The fourth-order valence-electron chi connectivity index (χ4n) is 4.60. The molecule has 4 heterocycles. The van der Waals surface area contributed by atoms with Gasteiger partial charge < -0.3 is 35.0 Å². The van der Waals surface area contributed by atoms with Crippen LogP contribution >= 0.6 is 0 Å². The molecular formula is C21H28F3N5O4. The van der Waals surface area contributed by atoms with Crippen LogP contribution in [0.15, 0.2) is 24.2 Å². The van der Waals surface area contributed by atoms with E-state index in [1.54, 1.807) is 11.9 Å². The summed E-state index contributed by atoms with van der Waals surface area (Å²) in [4.78, 5) is 21.6. The van der Waals surface area contributed by atoms with E-state index in [1.165, 1.54) is 9.80 Å². The number of piperazine rings is 1. The molecule has 3 aliphatic heterocycles. The van der Waals surface area contributed by atoms with Gasteiger partial charge in [-0.3, -0.25) is 4.79 Å². The standard InChI is InChI=1S/C21H28F3N5O4/c1-27-15-7-13(21(22,23)24)8-26-19(15)29-6-5-28(9-16(29)17(27)10-30)20(32)18(31)12-33-11-14-3-2-4-25-14/h7-8,10,14,16,18,25,30-31H,2-6,9,11-12H2,1H3/b17-10+/t14-,16?,18?/m0/s1. The van der Waals surface area contributed by atoms with Gasteiger partial charge >= 0.3 is 6.18 Å². The number of likely N-dealkylation sites (N-methyl/N-ethyl adjacent to an activating group) is 1. The van der Waals surface area contributed by atoms with E-state index in [0.717, 1.165) is 37.9 Å². The number of alkyl halides is 3. The van der Waals surface area contributed by atoms with Gasteiger partial charge in [-0.1, -0.05) is 0 Å². The first-order valence-corrected chi connectivity index (χ1v) is 10.9. The van der Waals surface area contributed by atoms with Crippen molar-refractivity contribution in [2.75, 3.05) is 56.2 Å². The van der Waals surface area contributed by atoms with Crippen molar-refractivity contribution in [3.8, 4) is 0 Å². The zero-order valence-corrected chi connectivity index (χ0v) is 18.3. The molecule has 33 heavy (non-hydrogen) atoms. The van der Waals surface area contributed by atoms with Crippen molar-refractivity contribution >= 4 is 17.4 Å². The Bertz CT molecular complexity index is 906. The molecule has 2 saturated heterocycles. The second kappa shape index (κ2) is 9.35. The van der Waals surface area contributed by atoms with E-state index in [-0.39, 0.29) is 38.0 Å². The van der Waals surface area contributed by atoms with Crippen LogP contribution in [-0.4, -0.2) is 90.6 Å². The van der Waals surface area contributed by atoms with Crippen molar-refractivity contribution in [1.82, 2.24) is 15.2 Å². The van der Waals surface area contributed by atoms with Crippen molar-refractivity contribution in [1.29, 1.82) is 0 Å². The second-order valence-corrected chi connectivity index (χ2v) is 8.52. The highest BCUT2D eigenvalue weighted by atomic mass is 19.4. The summed E-state index contributed by atoms with van der Waals surface area (Å²) in [5.41, 5.74) is -0.331. The predicted molar refractivity (Wildman–Crippen MR) is 114 cm³/mol. The van der Waals surface area contributed by atoms with Gasteiger partial charge in [0.2, 0.25) is 0 Å². The lowest BCUT2D eigenvalue weighted by atomic mass is 10.0. The maximum Gasteiger partial charge on any atom is 0.417 e. The number of aliphatic hydroxyl groups is 2. The number of pyridine rings is 1. The van der Waals surface area contributed by atoms with Gasteiger partial charge in [-0.25, -0.2) is 4.98 Å². The predicted octanol–water partition coefficient (Wildman–Crippen LogP) is 1.10. The maximum absolute atomic E-state index is 13.2. The van der Waals surface area contributed by atoms with E-state index in [0.29, 0.717) is 18.1 Å². The summed E-state index contributed by atoms with van der Waals surface area (Å²) >= 11 is 0. The van der Waals surface area contributed by atoms with E-state index < -0.39 is 29.8 Å². The smallest absolute Gasteiger partial charge is 0.417 e. The Morgan fingerprint density at radius 3 is 2.88 bits per heavy atom. The van der Waals surface area contributed by atoms with Gasteiger partial charge in [-0.05, 0) is 25.5 Å². The number of fused-ring (bicyclic) bond motifs is 3. The maximum atomic E-state index is 13.2. The average Bonchev–Trinajstić information content (AvgIpc) is 3.31. The number of carbonyl (C=O) groups excluding carboxylic acids is 1. The molecule has 3 aliphatic rings. The molecule has 4 rings (SSSR count). The number of anilines is 2. The molecule has 0 radical (unpaired) electrons. The van der Waals surface area contributed by atoms with Crippen molar-refractivity contribution in [2.45, 2.75) is 37.2 Å². The summed E-state index contributed by atoms with van der Waals surface area (Å²) in [6.45, 7) is 1.92. The number of aliphatic hydroxyl groups excluding tert-OH is 2. The van der Waals surface area contributed by atoms with Crippen LogP contribution in [0.2, 0.25) is 0 Å². The summed E-state index contributed by atoms with van der Waals surface area (Å²) in [6, 6.07) is 0.710. The molecule has 3 N–H and O–H groups in total. The van der Waals surface area contributed by atoms with E-state index in [1.807, 2.05) is 0 Å². The Labute approximate surface area is 189 Å². The molecule has 1 aromatic heterocycles. The first-order valence-electron chi connectivity index (χ1n) is 10.9. The topological polar surface area (TPSA) is 101 Å². The number of amides is 1. The van der Waals surface area contributed by atoms with Gasteiger partial charge in [0.25, 0.3) is 5.91 Å². The summed E-state index contributed by atoms with van der Waals surface area (Å²) in [5.74, 6) is -0.138. The van der Waals surface area contributed by atoms with E-state index in [9.17, 15) is 28.2 Å². The van der Waals surface area contributed by atoms with Crippen LogP contribution in [0.4, 0.5) is 24.7 Å². The molecule has 2 unspecified atom stereocenters. The van der Waals surface area contributed by atoms with Crippen LogP contribution in [0.25, 0.3) is 0 Å². The Kier molecular flexibility index (Phi) is 6.68. The van der Waals surface area contributed by atoms with Gasteiger partial charge in [-0.2, -0.15) is 13.2 Å². The minimum Gasteiger partial charge on any atom is -0.514 e. The minimum absolute atomic E-state index is 0.116. The zero-order chi connectivity index (χ0) is 23.8. The summed E-state index contributed by atoms with van der Waals surface area (Å²) in [5, 5.41) is 23.5. The lowest BCUT2D eigenvalue weighted by molar-refractivity contribution is -0.144. The number of rotatable bonds is 5. The van der Waals surface area contributed by atoms with Crippen molar-refractivity contribution in [3.05, 3.63) is 29.8 Å². The molecule has 0 aliphatic carbocycles. The number of nitrogens with zero attached hydrogens (tertiary/aromatic N) is 4. The molecule has 9 nitrogen and oxygen atoms in total. The third kappa shape index (κ3) is 4.73. The highest BCUT2D eigenvalue weighted by Crippen LogP contribution is 2.42. The highest BCUT2D eigenvalue weighted by molar-refractivity contribution is 5.82. The van der Waals surface area contributed by atoms with Crippen molar-refractivity contribution in [3.63, 3.8) is 0 Å². The number of ether oxygens (including phenoxy) is 1. The molecule has 0 spiro atoms. The fraction of sp³-hybridized carbons (Fsp3) is 0.619. The van der Waals surface area contributed by atoms with Gasteiger partial charge in [0.05, 0.1) is 36.2 Å². The Morgan fingerprint density at radius 2 is 2.21 bits per heavy atom. The van der Waals surface area contributed by atoms with Crippen LogP contribution in [0, 0.1) is 0 Å². The molecule has 0 saturated carbocycles. The molecule has 12 heteroatoms. The normalized spacial score (nSPS) is 25.2. The molecule has 2 fully saturated rings. The largest absolute Gasteiger partial charge is 0.514 e. The first kappa shape index (κ1) is 23.6. The lowest BCUT2D eigenvalue weighted by Gasteiger charge is -2.49. The molecule has 0 aromatic carbocycles. The molecule has 182 valence electrons. The third-order valence-corrected chi connectivity index (χ3v) is 6.40. The van der Waals surface area contributed by atoms with Crippen LogP contribution in [0.1, 0.15) is 18.4 Å². The van der Waals surface area contributed by atoms with Crippen LogP contribution in [0.3, 0.4) is 0 Å².